The number of nitrogens with one attached hydrogen (secondary N) is 2. The van der Waals surface area contributed by atoms with Gasteiger partial charge >= 0.3 is 0 Å². The second-order valence-electron chi connectivity index (χ2n) is 7.50. The predicted molar refractivity (Wildman–Crippen MR) is 120 cm³/mol. The molecule has 164 valence electrons. The summed E-state index contributed by atoms with van der Waals surface area (Å²) in [5.74, 6) is -0.389. The molecular weight excluding hydrogens is 411 g/mol. The summed E-state index contributed by atoms with van der Waals surface area (Å²) in [6.07, 6.45) is 3.27. The van der Waals surface area contributed by atoms with Crippen molar-refractivity contribution in [1.82, 2.24) is 0 Å². The lowest BCUT2D eigenvalue weighted by atomic mass is 10.1. The highest BCUT2D eigenvalue weighted by Gasteiger charge is 2.15. The number of methoxy groups -OCH3 is 1. The highest BCUT2D eigenvalue weighted by molar-refractivity contribution is 6.04. The fraction of sp³-hybridized carbons (Fsp3) is 0.200. The van der Waals surface area contributed by atoms with Crippen molar-refractivity contribution in [3.8, 4) is 11.5 Å². The Labute approximate surface area is 185 Å². The van der Waals surface area contributed by atoms with E-state index < -0.39 is 5.91 Å². The van der Waals surface area contributed by atoms with Crippen LogP contribution in [0.4, 0.5) is 15.8 Å². The molecule has 2 N–H and O–H groups in total. The molecule has 0 saturated heterocycles. The first-order chi connectivity index (χ1) is 15.5. The zero-order valence-corrected chi connectivity index (χ0v) is 17.6. The number of hydrogen-bond acceptors (Lipinski definition) is 4. The van der Waals surface area contributed by atoms with E-state index in [1.807, 2.05) is 12.1 Å². The smallest absolute Gasteiger partial charge is 0.262 e. The number of anilines is 2. The third-order valence-electron chi connectivity index (χ3n) is 5.27. The molecule has 1 aliphatic rings. The quantitative estimate of drug-likeness (QED) is 0.570. The third-order valence-corrected chi connectivity index (χ3v) is 5.27. The fourth-order valence-electron chi connectivity index (χ4n) is 3.65. The molecule has 0 radical (unpaired) electrons. The minimum absolute atomic E-state index is 0.262. The van der Waals surface area contributed by atoms with Gasteiger partial charge in [-0.25, -0.2) is 4.39 Å². The van der Waals surface area contributed by atoms with E-state index >= 15 is 0 Å². The van der Waals surface area contributed by atoms with Gasteiger partial charge in [0, 0.05) is 16.9 Å². The van der Waals surface area contributed by atoms with E-state index in [1.165, 1.54) is 42.5 Å². The largest absolute Gasteiger partial charge is 0.493 e. The first-order valence-corrected chi connectivity index (χ1v) is 10.3. The van der Waals surface area contributed by atoms with Gasteiger partial charge in [-0.05, 0) is 85.0 Å². The van der Waals surface area contributed by atoms with Gasteiger partial charge in [0.25, 0.3) is 11.8 Å². The normalized spacial score (nSPS) is 12.1. The molecule has 0 bridgehead atoms. The number of halogens is 1. The number of carbonyl (C=O) groups excluding carboxylic acids is 2. The van der Waals surface area contributed by atoms with Crippen molar-refractivity contribution in [1.29, 1.82) is 0 Å². The zero-order valence-electron chi connectivity index (χ0n) is 17.6. The number of ether oxygens (including phenoxy) is 2. The number of rotatable bonds is 7. The monoisotopic (exact) mass is 434 g/mol. The standard InChI is InChI=1S/C25H23FN2O4/c1-31-23-14-18(25(30)28-21-9-5-16-3-2-4-17(16)13-21)6-12-22(23)32-15-24(29)27-20-10-7-19(26)8-11-20/h5-14H,2-4,15H2,1H3,(H,27,29)(H,28,30). The van der Waals surface area contributed by atoms with Gasteiger partial charge in [0.1, 0.15) is 5.82 Å². The van der Waals surface area contributed by atoms with Crippen molar-refractivity contribution in [3.05, 3.63) is 83.2 Å². The molecule has 2 amide bonds. The second-order valence-corrected chi connectivity index (χ2v) is 7.50. The van der Waals surface area contributed by atoms with Crippen LogP contribution in [0.15, 0.2) is 60.7 Å². The molecule has 0 spiro atoms. The molecule has 0 atom stereocenters. The fourth-order valence-corrected chi connectivity index (χ4v) is 3.65. The Morgan fingerprint density at radius 3 is 2.41 bits per heavy atom. The van der Waals surface area contributed by atoms with Gasteiger partial charge < -0.3 is 20.1 Å². The summed E-state index contributed by atoms with van der Waals surface area (Å²) in [7, 11) is 1.46. The molecule has 32 heavy (non-hydrogen) atoms. The number of aryl methyl sites for hydroxylation is 2. The Hall–Kier alpha value is -3.87. The van der Waals surface area contributed by atoms with Crippen molar-refractivity contribution < 1.29 is 23.5 Å². The maximum absolute atomic E-state index is 13.0. The highest BCUT2D eigenvalue weighted by Crippen LogP contribution is 2.29. The molecule has 3 aromatic rings. The van der Waals surface area contributed by atoms with Gasteiger partial charge in [0.15, 0.2) is 18.1 Å². The van der Waals surface area contributed by atoms with Crippen molar-refractivity contribution in [2.24, 2.45) is 0 Å². The molecule has 4 rings (SSSR count). The van der Waals surface area contributed by atoms with Crippen LogP contribution in [-0.4, -0.2) is 25.5 Å². The second kappa shape index (κ2) is 9.51. The summed E-state index contributed by atoms with van der Waals surface area (Å²) in [5, 5.41) is 5.53. The molecule has 0 fully saturated rings. The van der Waals surface area contributed by atoms with Crippen LogP contribution < -0.4 is 20.1 Å². The average molecular weight is 434 g/mol. The van der Waals surface area contributed by atoms with E-state index in [0.29, 0.717) is 22.7 Å². The molecule has 0 unspecified atom stereocenters. The van der Waals surface area contributed by atoms with Crippen LogP contribution in [0.2, 0.25) is 0 Å². The van der Waals surface area contributed by atoms with E-state index in [9.17, 15) is 14.0 Å². The molecule has 0 saturated carbocycles. The number of amides is 2. The van der Waals surface area contributed by atoms with Crippen LogP contribution in [0.1, 0.15) is 27.9 Å². The first-order valence-electron chi connectivity index (χ1n) is 10.3. The topological polar surface area (TPSA) is 76.7 Å². The Balaban J connectivity index is 1.38. The molecule has 7 heteroatoms. The summed E-state index contributed by atoms with van der Waals surface area (Å²) in [5.41, 5.74) is 4.25. The van der Waals surface area contributed by atoms with Gasteiger partial charge in [-0.2, -0.15) is 0 Å². The lowest BCUT2D eigenvalue weighted by Gasteiger charge is -2.13. The predicted octanol–water partition coefficient (Wildman–Crippen LogP) is 4.59. The molecule has 0 aromatic heterocycles. The van der Waals surface area contributed by atoms with Crippen LogP contribution in [-0.2, 0) is 17.6 Å². The van der Waals surface area contributed by atoms with Crippen molar-refractivity contribution in [2.45, 2.75) is 19.3 Å². The molecular formula is C25H23FN2O4. The summed E-state index contributed by atoms with van der Waals surface area (Å²) in [4.78, 5) is 24.8. The number of benzene rings is 3. The molecule has 3 aromatic carbocycles. The number of carbonyl (C=O) groups is 2. The van der Waals surface area contributed by atoms with Crippen molar-refractivity contribution in [3.63, 3.8) is 0 Å². The third kappa shape index (κ3) is 5.06. The number of fused-ring (bicyclic) bond motifs is 1. The van der Waals surface area contributed by atoms with Crippen LogP contribution in [0, 0.1) is 5.82 Å². The maximum Gasteiger partial charge on any atom is 0.262 e. The van der Waals surface area contributed by atoms with E-state index in [2.05, 4.69) is 16.7 Å². The van der Waals surface area contributed by atoms with Crippen molar-refractivity contribution in [2.75, 3.05) is 24.4 Å². The zero-order chi connectivity index (χ0) is 22.5. The number of hydrogen-bond donors (Lipinski definition) is 2. The Morgan fingerprint density at radius 2 is 1.62 bits per heavy atom. The van der Waals surface area contributed by atoms with Gasteiger partial charge in [-0.3, -0.25) is 9.59 Å². The van der Waals surface area contributed by atoms with Crippen molar-refractivity contribution >= 4 is 23.2 Å². The van der Waals surface area contributed by atoms with E-state index in [4.69, 9.17) is 9.47 Å². The van der Waals surface area contributed by atoms with Crippen LogP contribution in [0.25, 0.3) is 0 Å². The highest BCUT2D eigenvalue weighted by atomic mass is 19.1. The van der Waals surface area contributed by atoms with Crippen LogP contribution >= 0.6 is 0 Å². The Kier molecular flexibility index (Phi) is 6.35. The Morgan fingerprint density at radius 1 is 0.875 bits per heavy atom. The molecule has 0 aliphatic heterocycles. The lowest BCUT2D eigenvalue weighted by Crippen LogP contribution is -2.20. The van der Waals surface area contributed by atoms with E-state index in [1.54, 1.807) is 18.2 Å². The summed E-state index contributed by atoms with van der Waals surface area (Å²) < 4.78 is 23.8. The minimum atomic E-state index is -0.405. The summed E-state index contributed by atoms with van der Waals surface area (Å²) in [6.45, 7) is -0.269. The maximum atomic E-state index is 13.0. The van der Waals surface area contributed by atoms with Gasteiger partial charge in [-0.15, -0.1) is 0 Å². The van der Waals surface area contributed by atoms with Gasteiger partial charge in [-0.1, -0.05) is 6.07 Å². The SMILES string of the molecule is COc1cc(C(=O)Nc2ccc3c(c2)CCC3)ccc1OCC(=O)Nc1ccc(F)cc1. The van der Waals surface area contributed by atoms with E-state index in [0.717, 1.165) is 24.9 Å². The van der Waals surface area contributed by atoms with Gasteiger partial charge in [0.2, 0.25) is 0 Å². The molecule has 6 nitrogen and oxygen atoms in total. The Bertz CT molecular complexity index is 1150. The minimum Gasteiger partial charge on any atom is -0.493 e. The van der Waals surface area contributed by atoms with E-state index in [-0.39, 0.29) is 18.3 Å². The molecule has 0 heterocycles. The lowest BCUT2D eigenvalue weighted by molar-refractivity contribution is -0.118. The molecule has 1 aliphatic carbocycles. The first kappa shape index (κ1) is 21.4. The summed E-state index contributed by atoms with van der Waals surface area (Å²) >= 11 is 0. The average Bonchev–Trinajstić information content (AvgIpc) is 3.27. The van der Waals surface area contributed by atoms with Crippen LogP contribution in [0.3, 0.4) is 0 Å². The van der Waals surface area contributed by atoms with Gasteiger partial charge in [0.05, 0.1) is 7.11 Å². The summed E-state index contributed by atoms with van der Waals surface area (Å²) in [6, 6.07) is 16.2. The van der Waals surface area contributed by atoms with Crippen LogP contribution in [0.5, 0.6) is 11.5 Å².